The average Bonchev–Trinajstić information content (AvgIpc) is 2.20. The molecule has 0 heterocycles. The Morgan fingerprint density at radius 1 is 1.40 bits per heavy atom. The van der Waals surface area contributed by atoms with Crippen LogP contribution in [0.3, 0.4) is 0 Å². The van der Waals surface area contributed by atoms with Crippen molar-refractivity contribution in [3.05, 3.63) is 11.6 Å². The fourth-order valence-corrected chi connectivity index (χ4v) is 1.15. The second kappa shape index (κ2) is 8.17. The Labute approximate surface area is 91.0 Å². The molecule has 0 rings (SSSR count). The monoisotopic (exact) mass is 213 g/mol. The van der Waals surface area contributed by atoms with Gasteiger partial charge in [0, 0.05) is 13.7 Å². The van der Waals surface area contributed by atoms with Crippen LogP contribution in [0.1, 0.15) is 20.8 Å². The predicted octanol–water partition coefficient (Wildman–Crippen LogP) is 1.60. The van der Waals surface area contributed by atoms with E-state index in [0.717, 1.165) is 0 Å². The first-order valence-corrected chi connectivity index (χ1v) is 5.07. The van der Waals surface area contributed by atoms with Gasteiger partial charge in [0.05, 0.1) is 24.5 Å². The highest BCUT2D eigenvalue weighted by Crippen LogP contribution is 2.03. The molecule has 0 fully saturated rings. The topological polar surface area (TPSA) is 47.9 Å². The van der Waals surface area contributed by atoms with Gasteiger partial charge in [-0.3, -0.25) is 4.99 Å². The van der Waals surface area contributed by atoms with Crippen LogP contribution in [0, 0.1) is 0 Å². The molecule has 4 heteroatoms. The van der Waals surface area contributed by atoms with Gasteiger partial charge in [0.15, 0.2) is 0 Å². The van der Waals surface area contributed by atoms with Crippen LogP contribution in [0.5, 0.6) is 0 Å². The zero-order chi connectivity index (χ0) is 11.7. The van der Waals surface area contributed by atoms with E-state index in [0.29, 0.717) is 31.0 Å². The van der Waals surface area contributed by atoms with E-state index in [9.17, 15) is 4.79 Å². The van der Waals surface area contributed by atoms with Crippen LogP contribution >= 0.6 is 0 Å². The van der Waals surface area contributed by atoms with Gasteiger partial charge in [-0.1, -0.05) is 6.08 Å². The minimum atomic E-state index is -0.343. The van der Waals surface area contributed by atoms with E-state index in [1.807, 2.05) is 6.92 Å². The van der Waals surface area contributed by atoms with Crippen LogP contribution < -0.4 is 0 Å². The molecule has 0 unspecified atom stereocenters. The summed E-state index contributed by atoms with van der Waals surface area (Å²) in [6.07, 6.45) is 1.70. The molecule has 0 bridgehead atoms. The lowest BCUT2D eigenvalue weighted by atomic mass is 10.1. The van der Waals surface area contributed by atoms with E-state index in [1.54, 1.807) is 27.0 Å². The van der Waals surface area contributed by atoms with E-state index in [4.69, 9.17) is 9.47 Å². The zero-order valence-electron chi connectivity index (χ0n) is 9.87. The van der Waals surface area contributed by atoms with E-state index >= 15 is 0 Å². The maximum Gasteiger partial charge on any atom is 0.339 e. The maximum absolute atomic E-state index is 11.5. The third kappa shape index (κ3) is 4.74. The first-order valence-electron chi connectivity index (χ1n) is 5.07. The van der Waals surface area contributed by atoms with Gasteiger partial charge in [0.25, 0.3) is 0 Å². The number of carbonyl (C=O) groups excluding carboxylic acids is 1. The van der Waals surface area contributed by atoms with E-state index in [1.165, 1.54) is 0 Å². The molecule has 15 heavy (non-hydrogen) atoms. The number of carbonyl (C=O) groups is 1. The number of ether oxygens (including phenoxy) is 2. The molecule has 0 atom stereocenters. The van der Waals surface area contributed by atoms with Crippen molar-refractivity contribution in [2.24, 2.45) is 4.99 Å². The molecule has 0 aliphatic heterocycles. The van der Waals surface area contributed by atoms with Crippen molar-refractivity contribution in [1.29, 1.82) is 0 Å². The van der Waals surface area contributed by atoms with Gasteiger partial charge < -0.3 is 9.47 Å². The molecule has 0 N–H and O–H groups in total. The van der Waals surface area contributed by atoms with Crippen LogP contribution in [0.15, 0.2) is 16.6 Å². The molecule has 0 aliphatic rings. The van der Waals surface area contributed by atoms with E-state index in [-0.39, 0.29) is 5.97 Å². The summed E-state index contributed by atoms with van der Waals surface area (Å²) in [5.74, 6) is -0.343. The normalized spacial score (nSPS) is 12.8. The van der Waals surface area contributed by atoms with Crippen molar-refractivity contribution in [1.82, 2.24) is 0 Å². The van der Waals surface area contributed by atoms with Crippen molar-refractivity contribution in [3.63, 3.8) is 0 Å². The molecule has 4 nitrogen and oxygen atoms in total. The second-order valence-corrected chi connectivity index (χ2v) is 2.78. The van der Waals surface area contributed by atoms with Crippen LogP contribution in [0.4, 0.5) is 0 Å². The first kappa shape index (κ1) is 13.8. The Kier molecular flexibility index (Phi) is 7.54. The third-order valence-electron chi connectivity index (χ3n) is 1.72. The summed E-state index contributed by atoms with van der Waals surface area (Å²) >= 11 is 0. The van der Waals surface area contributed by atoms with Crippen LogP contribution in [-0.4, -0.2) is 38.5 Å². The minimum absolute atomic E-state index is 0.326. The fourth-order valence-electron chi connectivity index (χ4n) is 1.15. The number of allylic oxidation sites excluding steroid dienone is 1. The molecule has 0 radical (unpaired) electrons. The number of aliphatic imine (C=N–C) groups is 1. The Hall–Kier alpha value is -1.16. The van der Waals surface area contributed by atoms with Crippen molar-refractivity contribution < 1.29 is 14.3 Å². The Morgan fingerprint density at radius 2 is 2.07 bits per heavy atom. The zero-order valence-corrected chi connectivity index (χ0v) is 9.87. The smallest absolute Gasteiger partial charge is 0.339 e. The maximum atomic E-state index is 11.5. The molecule has 0 saturated heterocycles. The molecule has 0 aliphatic carbocycles. The van der Waals surface area contributed by atoms with Gasteiger partial charge in [-0.05, 0) is 20.8 Å². The lowest BCUT2D eigenvalue weighted by molar-refractivity contribution is -0.137. The quantitative estimate of drug-likeness (QED) is 0.382. The average molecular weight is 213 g/mol. The molecule has 0 amide bonds. The fraction of sp³-hybridized carbons (Fsp3) is 0.636. The van der Waals surface area contributed by atoms with Gasteiger partial charge in [0.2, 0.25) is 0 Å². The highest BCUT2D eigenvalue weighted by Gasteiger charge is 2.15. The van der Waals surface area contributed by atoms with E-state index in [2.05, 4.69) is 4.99 Å². The summed E-state index contributed by atoms with van der Waals surface area (Å²) in [7, 11) is 1.57. The Balaban J connectivity index is 4.76. The highest BCUT2D eigenvalue weighted by molar-refractivity contribution is 6.20. The second-order valence-electron chi connectivity index (χ2n) is 2.78. The number of esters is 1. The van der Waals surface area contributed by atoms with Gasteiger partial charge >= 0.3 is 5.97 Å². The van der Waals surface area contributed by atoms with Crippen LogP contribution in [0.2, 0.25) is 0 Å². The summed E-state index contributed by atoms with van der Waals surface area (Å²) in [6, 6.07) is 0. The Bertz CT molecular complexity index is 257. The minimum Gasteiger partial charge on any atom is -0.462 e. The van der Waals surface area contributed by atoms with Gasteiger partial charge in [-0.25, -0.2) is 4.79 Å². The van der Waals surface area contributed by atoms with Crippen LogP contribution in [0.25, 0.3) is 0 Å². The summed E-state index contributed by atoms with van der Waals surface area (Å²) in [6.45, 7) is 6.78. The van der Waals surface area contributed by atoms with Crippen molar-refractivity contribution in [2.45, 2.75) is 20.8 Å². The first-order chi connectivity index (χ1) is 7.21. The molecular formula is C11H19NO3. The largest absolute Gasteiger partial charge is 0.462 e. The summed E-state index contributed by atoms with van der Waals surface area (Å²) in [5.41, 5.74) is 1.13. The van der Waals surface area contributed by atoms with Gasteiger partial charge in [-0.2, -0.15) is 0 Å². The summed E-state index contributed by atoms with van der Waals surface area (Å²) in [4.78, 5) is 15.7. The van der Waals surface area contributed by atoms with Crippen molar-refractivity contribution >= 4 is 11.7 Å². The molecular weight excluding hydrogens is 194 g/mol. The number of rotatable bonds is 6. The standard InChI is InChI=1S/C11H19NO3/c1-5-9(11(13)15-7-3)10(8-14-4)12-6-2/h5H,6-8H2,1-4H3/b9-5+,12-10?. The number of hydrogen-bond acceptors (Lipinski definition) is 4. The molecule has 0 aromatic carbocycles. The number of hydrogen-bond donors (Lipinski definition) is 0. The Morgan fingerprint density at radius 3 is 2.47 bits per heavy atom. The predicted molar refractivity (Wildman–Crippen MR) is 60.2 cm³/mol. The lowest BCUT2D eigenvalue weighted by Gasteiger charge is -2.08. The third-order valence-corrected chi connectivity index (χ3v) is 1.72. The molecule has 0 aromatic heterocycles. The SMILES string of the molecule is C/C=C(/C(=O)OCC)C(COC)=NCC. The highest BCUT2D eigenvalue weighted by atomic mass is 16.5. The van der Waals surface area contributed by atoms with Gasteiger partial charge in [-0.15, -0.1) is 0 Å². The van der Waals surface area contributed by atoms with Crippen molar-refractivity contribution in [2.75, 3.05) is 26.9 Å². The molecule has 86 valence electrons. The molecule has 0 aromatic rings. The lowest BCUT2D eigenvalue weighted by Crippen LogP contribution is -2.20. The van der Waals surface area contributed by atoms with Crippen LogP contribution in [-0.2, 0) is 14.3 Å². The number of nitrogens with zero attached hydrogens (tertiary/aromatic N) is 1. The van der Waals surface area contributed by atoms with E-state index < -0.39 is 0 Å². The van der Waals surface area contributed by atoms with Crippen molar-refractivity contribution in [3.8, 4) is 0 Å². The molecule has 0 spiro atoms. The molecule has 0 saturated carbocycles. The summed E-state index contributed by atoms with van der Waals surface area (Å²) < 4.78 is 9.91. The van der Waals surface area contributed by atoms with Gasteiger partial charge in [0.1, 0.15) is 0 Å². The number of methoxy groups -OCH3 is 1. The summed E-state index contributed by atoms with van der Waals surface area (Å²) in [5, 5.41) is 0.